The molecule has 1 aromatic carbocycles. The van der Waals surface area contributed by atoms with Gasteiger partial charge in [0.25, 0.3) is 0 Å². The van der Waals surface area contributed by atoms with Gasteiger partial charge in [-0.15, -0.1) is 0 Å². The Morgan fingerprint density at radius 2 is 1.95 bits per heavy atom. The summed E-state index contributed by atoms with van der Waals surface area (Å²) in [4.78, 5) is 4.69. The van der Waals surface area contributed by atoms with Gasteiger partial charge in [0.1, 0.15) is 22.9 Å². The van der Waals surface area contributed by atoms with Gasteiger partial charge >= 0.3 is 0 Å². The summed E-state index contributed by atoms with van der Waals surface area (Å²) in [5, 5.41) is 0. The molecule has 0 saturated heterocycles. The Bertz CT molecular complexity index is 839. The highest BCUT2D eigenvalue weighted by Gasteiger charge is 2.17. The van der Waals surface area contributed by atoms with Gasteiger partial charge in [-0.25, -0.2) is 4.98 Å². The van der Waals surface area contributed by atoms with E-state index in [1.165, 1.54) is 0 Å². The molecule has 0 aliphatic heterocycles. The zero-order valence-electron chi connectivity index (χ0n) is 12.1. The van der Waals surface area contributed by atoms with E-state index in [9.17, 15) is 0 Å². The third-order valence-electron chi connectivity index (χ3n) is 3.50. The lowest BCUT2D eigenvalue weighted by atomic mass is 10.1. The van der Waals surface area contributed by atoms with Crippen LogP contribution in [0.25, 0.3) is 16.9 Å². The molecular formula is C16H16BrN3O. The van der Waals surface area contributed by atoms with Crippen LogP contribution in [0, 0.1) is 13.8 Å². The van der Waals surface area contributed by atoms with Gasteiger partial charge in [0.2, 0.25) is 0 Å². The van der Waals surface area contributed by atoms with E-state index in [0.717, 1.165) is 38.4 Å². The molecule has 0 unspecified atom stereocenters. The largest absolute Gasteiger partial charge is 0.496 e. The molecule has 0 aliphatic carbocycles. The Labute approximate surface area is 131 Å². The first-order valence-corrected chi connectivity index (χ1v) is 7.39. The minimum atomic E-state index is 0.624. The van der Waals surface area contributed by atoms with E-state index in [2.05, 4.69) is 28.9 Å². The summed E-state index contributed by atoms with van der Waals surface area (Å²) >= 11 is 3.49. The van der Waals surface area contributed by atoms with E-state index >= 15 is 0 Å². The second kappa shape index (κ2) is 5.07. The maximum absolute atomic E-state index is 6.33. The number of anilines is 1. The zero-order valence-corrected chi connectivity index (χ0v) is 13.7. The minimum absolute atomic E-state index is 0.624. The molecule has 0 radical (unpaired) electrons. The normalized spacial score (nSPS) is 11.0. The quantitative estimate of drug-likeness (QED) is 0.764. The van der Waals surface area contributed by atoms with Crippen LogP contribution in [-0.4, -0.2) is 16.5 Å². The molecule has 108 valence electrons. The fraction of sp³-hybridized carbons (Fsp3) is 0.188. The molecule has 0 bridgehead atoms. The summed E-state index contributed by atoms with van der Waals surface area (Å²) in [7, 11) is 1.65. The Kier molecular flexibility index (Phi) is 3.37. The summed E-state index contributed by atoms with van der Waals surface area (Å²) in [6.07, 6.45) is 0. The highest BCUT2D eigenvalue weighted by Crippen LogP contribution is 2.36. The van der Waals surface area contributed by atoms with Crippen molar-refractivity contribution < 1.29 is 4.74 Å². The van der Waals surface area contributed by atoms with Gasteiger partial charge in [0.15, 0.2) is 0 Å². The molecule has 4 nitrogen and oxygen atoms in total. The topological polar surface area (TPSA) is 52.5 Å². The molecule has 2 heterocycles. The van der Waals surface area contributed by atoms with Gasteiger partial charge in [-0.2, -0.15) is 0 Å². The summed E-state index contributed by atoms with van der Waals surface area (Å²) in [6, 6.07) is 9.92. The average Bonchev–Trinajstić information content (AvgIpc) is 2.75. The molecule has 0 amide bonds. The number of methoxy groups -OCH3 is 1. The minimum Gasteiger partial charge on any atom is -0.496 e. The predicted molar refractivity (Wildman–Crippen MR) is 88.8 cm³/mol. The number of nitrogens with two attached hydrogens (primary N) is 1. The second-order valence-corrected chi connectivity index (χ2v) is 5.97. The van der Waals surface area contributed by atoms with Crippen molar-refractivity contribution in [3.05, 3.63) is 46.1 Å². The fourth-order valence-corrected chi connectivity index (χ4v) is 2.98. The van der Waals surface area contributed by atoms with Crippen molar-refractivity contribution >= 4 is 27.4 Å². The Balaban J connectivity index is 2.34. The Morgan fingerprint density at radius 1 is 1.19 bits per heavy atom. The van der Waals surface area contributed by atoms with Crippen molar-refractivity contribution in [2.24, 2.45) is 0 Å². The molecule has 0 fully saturated rings. The van der Waals surface area contributed by atoms with E-state index in [4.69, 9.17) is 15.5 Å². The van der Waals surface area contributed by atoms with E-state index in [1.807, 2.05) is 35.6 Å². The monoisotopic (exact) mass is 345 g/mol. The zero-order chi connectivity index (χ0) is 15.1. The molecule has 2 aromatic heterocycles. The Morgan fingerprint density at radius 3 is 2.67 bits per heavy atom. The average molecular weight is 346 g/mol. The number of nitrogens with zero attached hydrogens (tertiary/aromatic N) is 2. The highest BCUT2D eigenvalue weighted by atomic mass is 79.9. The van der Waals surface area contributed by atoms with Crippen LogP contribution in [0.2, 0.25) is 0 Å². The van der Waals surface area contributed by atoms with E-state index < -0.39 is 0 Å². The molecule has 5 heteroatoms. The summed E-state index contributed by atoms with van der Waals surface area (Å²) in [5.74, 6) is 1.38. The van der Waals surface area contributed by atoms with Gasteiger partial charge in [0.05, 0.1) is 7.11 Å². The van der Waals surface area contributed by atoms with Gasteiger partial charge in [-0.3, -0.25) is 4.40 Å². The molecule has 0 spiro atoms. The van der Waals surface area contributed by atoms with Gasteiger partial charge < -0.3 is 10.5 Å². The lowest BCUT2D eigenvalue weighted by Gasteiger charge is -2.08. The number of nitrogen functional groups attached to an aromatic ring is 1. The number of halogens is 1. The number of pyridine rings is 1. The fourth-order valence-electron chi connectivity index (χ4n) is 2.62. The number of imidazole rings is 1. The number of benzene rings is 1. The second-order valence-electron chi connectivity index (χ2n) is 5.06. The Hall–Kier alpha value is -2.01. The van der Waals surface area contributed by atoms with Crippen LogP contribution in [0.3, 0.4) is 0 Å². The number of hydrogen-bond acceptors (Lipinski definition) is 3. The van der Waals surface area contributed by atoms with Gasteiger partial charge in [0, 0.05) is 15.7 Å². The van der Waals surface area contributed by atoms with Crippen LogP contribution >= 0.6 is 15.9 Å². The molecule has 21 heavy (non-hydrogen) atoms. The number of ether oxygens (including phenoxy) is 1. The third-order valence-corrected chi connectivity index (χ3v) is 3.99. The van der Waals surface area contributed by atoms with Crippen molar-refractivity contribution in [3.63, 3.8) is 0 Å². The number of rotatable bonds is 2. The van der Waals surface area contributed by atoms with Crippen molar-refractivity contribution in [3.8, 4) is 17.0 Å². The highest BCUT2D eigenvalue weighted by molar-refractivity contribution is 9.10. The molecule has 2 N–H and O–H groups in total. The van der Waals surface area contributed by atoms with Crippen molar-refractivity contribution in [2.45, 2.75) is 13.8 Å². The number of hydrogen-bond donors (Lipinski definition) is 1. The first-order valence-electron chi connectivity index (χ1n) is 6.60. The lowest BCUT2D eigenvalue weighted by molar-refractivity contribution is 0.416. The summed E-state index contributed by atoms with van der Waals surface area (Å²) < 4.78 is 8.36. The number of aryl methyl sites for hydroxylation is 2. The molecule has 0 aliphatic rings. The maximum atomic E-state index is 6.33. The summed E-state index contributed by atoms with van der Waals surface area (Å²) in [6.45, 7) is 4.08. The van der Waals surface area contributed by atoms with Crippen LogP contribution in [0.4, 0.5) is 5.82 Å². The molecule has 3 rings (SSSR count). The van der Waals surface area contributed by atoms with Crippen LogP contribution in [0.15, 0.2) is 34.8 Å². The van der Waals surface area contributed by atoms with Crippen molar-refractivity contribution in [2.75, 3.05) is 12.8 Å². The predicted octanol–water partition coefficient (Wildman–Crippen LogP) is 3.97. The third kappa shape index (κ3) is 2.27. The van der Waals surface area contributed by atoms with Crippen LogP contribution < -0.4 is 10.5 Å². The smallest absolute Gasteiger partial charge is 0.139 e. The molecular weight excluding hydrogens is 330 g/mol. The van der Waals surface area contributed by atoms with Crippen LogP contribution in [0.5, 0.6) is 5.75 Å². The SMILES string of the molecule is COc1ccc(Br)cc1-c1nc2cc(C)cc(C)n2c1N. The first kappa shape index (κ1) is 13.9. The number of aromatic nitrogens is 2. The van der Waals surface area contributed by atoms with Gasteiger partial charge in [-0.05, 0) is 49.7 Å². The van der Waals surface area contributed by atoms with Crippen LogP contribution in [-0.2, 0) is 0 Å². The molecule has 3 aromatic rings. The van der Waals surface area contributed by atoms with Crippen molar-refractivity contribution in [1.82, 2.24) is 9.38 Å². The molecule has 0 saturated carbocycles. The van der Waals surface area contributed by atoms with Crippen LogP contribution in [0.1, 0.15) is 11.3 Å². The maximum Gasteiger partial charge on any atom is 0.139 e. The summed E-state index contributed by atoms with van der Waals surface area (Å²) in [5.41, 5.74) is 11.0. The van der Waals surface area contributed by atoms with E-state index in [1.54, 1.807) is 7.11 Å². The van der Waals surface area contributed by atoms with Gasteiger partial charge in [-0.1, -0.05) is 15.9 Å². The van der Waals surface area contributed by atoms with E-state index in [-0.39, 0.29) is 0 Å². The van der Waals surface area contributed by atoms with E-state index in [0.29, 0.717) is 5.82 Å². The molecule has 0 atom stereocenters. The lowest BCUT2D eigenvalue weighted by Crippen LogP contribution is -1.98. The van der Waals surface area contributed by atoms with Crippen molar-refractivity contribution in [1.29, 1.82) is 0 Å². The standard InChI is InChI=1S/C16H16BrN3O/c1-9-6-10(2)20-14(7-9)19-15(16(20)18)12-8-11(17)4-5-13(12)21-3/h4-8H,18H2,1-3H3. The first-order chi connectivity index (χ1) is 10.0. The number of fused-ring (bicyclic) bond motifs is 1.